The Kier molecular flexibility index (Phi) is 5.50. The van der Waals surface area contributed by atoms with Gasteiger partial charge >= 0.3 is 5.69 Å². The molecule has 0 aliphatic carbocycles. The molecule has 28 heavy (non-hydrogen) atoms. The average molecular weight is 414 g/mol. The van der Waals surface area contributed by atoms with Crippen molar-refractivity contribution in [3.8, 4) is 0 Å². The maximum Gasteiger partial charge on any atom is 0.330 e. The third kappa shape index (κ3) is 3.77. The lowest BCUT2D eigenvalue weighted by Crippen LogP contribution is -2.49. The second kappa shape index (κ2) is 7.57. The van der Waals surface area contributed by atoms with Crippen LogP contribution in [-0.4, -0.2) is 52.9 Å². The Morgan fingerprint density at radius 2 is 1.61 bits per heavy atom. The van der Waals surface area contributed by atoms with E-state index in [-0.39, 0.29) is 13.1 Å². The van der Waals surface area contributed by atoms with Gasteiger partial charge in [-0.15, -0.1) is 0 Å². The van der Waals surface area contributed by atoms with Gasteiger partial charge in [0.25, 0.3) is 5.56 Å². The predicted octanol–water partition coefficient (Wildman–Crippen LogP) is -0.131. The number of piperazine rings is 1. The maximum absolute atomic E-state index is 13.9. The van der Waals surface area contributed by atoms with Crippen LogP contribution < -0.4 is 11.2 Å². The molecule has 2 heterocycles. The van der Waals surface area contributed by atoms with Crippen LogP contribution in [0.3, 0.4) is 0 Å². The minimum Gasteiger partial charge on any atom is -0.299 e. The molecular formula is C17H20F2N4O4S. The van der Waals surface area contributed by atoms with E-state index in [1.807, 2.05) is 4.90 Å². The Morgan fingerprint density at radius 1 is 0.964 bits per heavy atom. The van der Waals surface area contributed by atoms with E-state index in [1.165, 1.54) is 17.7 Å². The highest BCUT2D eigenvalue weighted by Gasteiger charge is 2.31. The van der Waals surface area contributed by atoms with Crippen LogP contribution >= 0.6 is 0 Å². The summed E-state index contributed by atoms with van der Waals surface area (Å²) < 4.78 is 56.0. The van der Waals surface area contributed by atoms with Gasteiger partial charge in [-0.25, -0.2) is 22.0 Å². The number of sulfonamides is 1. The molecule has 0 unspecified atom stereocenters. The molecule has 3 rings (SSSR count). The molecule has 0 spiro atoms. The summed E-state index contributed by atoms with van der Waals surface area (Å²) in [5.41, 5.74) is -0.341. The first-order chi connectivity index (χ1) is 13.1. The number of hydrogen-bond donors (Lipinski definition) is 0. The van der Waals surface area contributed by atoms with E-state index in [0.29, 0.717) is 31.4 Å². The Hall–Kier alpha value is -2.37. The molecule has 1 aliphatic rings. The summed E-state index contributed by atoms with van der Waals surface area (Å²) in [5, 5.41) is 0. The fourth-order valence-electron chi connectivity index (χ4n) is 3.10. The number of rotatable bonds is 4. The lowest BCUT2D eigenvalue weighted by molar-refractivity contribution is 0.177. The monoisotopic (exact) mass is 414 g/mol. The van der Waals surface area contributed by atoms with E-state index in [4.69, 9.17) is 0 Å². The highest BCUT2D eigenvalue weighted by atomic mass is 32.2. The van der Waals surface area contributed by atoms with E-state index in [1.54, 1.807) is 7.05 Å². The van der Waals surface area contributed by atoms with Gasteiger partial charge in [-0.3, -0.25) is 18.8 Å². The highest BCUT2D eigenvalue weighted by Crippen LogP contribution is 2.22. The largest absolute Gasteiger partial charge is 0.330 e. The summed E-state index contributed by atoms with van der Waals surface area (Å²) in [7, 11) is -1.20. The molecule has 1 saturated heterocycles. The minimum atomic E-state index is -4.16. The Bertz CT molecular complexity index is 1120. The molecule has 0 saturated carbocycles. The van der Waals surface area contributed by atoms with Gasteiger partial charge in [0.05, 0.1) is 0 Å². The van der Waals surface area contributed by atoms with Crippen molar-refractivity contribution < 1.29 is 17.2 Å². The Balaban J connectivity index is 1.74. The molecular weight excluding hydrogens is 394 g/mol. The molecule has 1 aliphatic heterocycles. The van der Waals surface area contributed by atoms with Crippen LogP contribution in [0.5, 0.6) is 0 Å². The van der Waals surface area contributed by atoms with E-state index < -0.39 is 37.8 Å². The van der Waals surface area contributed by atoms with E-state index in [0.717, 1.165) is 21.0 Å². The third-order valence-electron chi connectivity index (χ3n) is 4.85. The van der Waals surface area contributed by atoms with E-state index in [2.05, 4.69) is 0 Å². The zero-order valence-corrected chi connectivity index (χ0v) is 16.2. The van der Waals surface area contributed by atoms with Crippen molar-refractivity contribution in [2.45, 2.75) is 11.4 Å². The molecule has 0 amide bonds. The smallest absolute Gasteiger partial charge is 0.299 e. The molecule has 152 valence electrons. The van der Waals surface area contributed by atoms with Crippen molar-refractivity contribution in [3.05, 3.63) is 62.4 Å². The number of benzene rings is 1. The molecule has 0 atom stereocenters. The quantitative estimate of drug-likeness (QED) is 0.696. The first kappa shape index (κ1) is 20.4. The molecule has 11 heteroatoms. The van der Waals surface area contributed by atoms with Gasteiger partial charge < -0.3 is 0 Å². The van der Waals surface area contributed by atoms with Crippen LogP contribution in [0.25, 0.3) is 0 Å². The lowest BCUT2D eigenvalue weighted by atomic mass is 10.3. The van der Waals surface area contributed by atoms with Gasteiger partial charge in [0.15, 0.2) is 0 Å². The maximum atomic E-state index is 13.9. The zero-order chi connectivity index (χ0) is 20.6. The zero-order valence-electron chi connectivity index (χ0n) is 15.4. The van der Waals surface area contributed by atoms with Gasteiger partial charge in [0, 0.05) is 58.6 Å². The van der Waals surface area contributed by atoms with Crippen LogP contribution in [-0.2, 0) is 30.7 Å². The number of halogens is 2. The SMILES string of the molecule is Cn1c(CN2CCN(S(=O)(=O)c3cc(F)ccc3F)CC2)cc(=O)n(C)c1=O. The molecule has 0 bridgehead atoms. The normalized spacial score (nSPS) is 16.4. The van der Waals surface area contributed by atoms with Crippen molar-refractivity contribution >= 4 is 10.0 Å². The summed E-state index contributed by atoms with van der Waals surface area (Å²) in [6, 6.07) is 3.69. The Morgan fingerprint density at radius 3 is 2.25 bits per heavy atom. The molecule has 8 nitrogen and oxygen atoms in total. The standard InChI is InChI=1S/C17H20F2N4O4S/c1-20-13(10-16(24)21(2)17(20)25)11-22-5-7-23(8-6-22)28(26,27)15-9-12(18)3-4-14(15)19/h3-4,9-10H,5-8,11H2,1-2H3. The summed E-state index contributed by atoms with van der Waals surface area (Å²) in [4.78, 5) is 25.0. The van der Waals surface area contributed by atoms with Gasteiger partial charge in [-0.2, -0.15) is 4.31 Å². The van der Waals surface area contributed by atoms with Gasteiger partial charge in [0.2, 0.25) is 10.0 Å². The Labute approximate surface area is 160 Å². The van der Waals surface area contributed by atoms with Crippen molar-refractivity contribution in [1.82, 2.24) is 18.3 Å². The van der Waals surface area contributed by atoms with Crippen LogP contribution in [0.15, 0.2) is 38.8 Å². The molecule has 1 aromatic heterocycles. The van der Waals surface area contributed by atoms with Crippen molar-refractivity contribution in [2.75, 3.05) is 26.2 Å². The topological polar surface area (TPSA) is 84.6 Å². The average Bonchev–Trinajstić information content (AvgIpc) is 2.66. The van der Waals surface area contributed by atoms with Crippen LogP contribution in [0, 0.1) is 11.6 Å². The van der Waals surface area contributed by atoms with Gasteiger partial charge in [-0.1, -0.05) is 0 Å². The summed E-state index contributed by atoms with van der Waals surface area (Å²) in [6.07, 6.45) is 0. The predicted molar refractivity (Wildman–Crippen MR) is 97.3 cm³/mol. The van der Waals surface area contributed by atoms with Crippen molar-refractivity contribution in [3.63, 3.8) is 0 Å². The highest BCUT2D eigenvalue weighted by molar-refractivity contribution is 7.89. The summed E-state index contributed by atoms with van der Waals surface area (Å²) >= 11 is 0. The second-order valence-corrected chi connectivity index (χ2v) is 8.54. The lowest BCUT2D eigenvalue weighted by Gasteiger charge is -2.34. The van der Waals surface area contributed by atoms with Crippen LogP contribution in [0.4, 0.5) is 8.78 Å². The van der Waals surface area contributed by atoms with Crippen molar-refractivity contribution in [2.24, 2.45) is 14.1 Å². The molecule has 0 N–H and O–H groups in total. The van der Waals surface area contributed by atoms with Gasteiger partial charge in [-0.05, 0) is 18.2 Å². The van der Waals surface area contributed by atoms with E-state index >= 15 is 0 Å². The first-order valence-electron chi connectivity index (χ1n) is 8.55. The molecule has 1 aromatic carbocycles. The summed E-state index contributed by atoms with van der Waals surface area (Å²) in [5.74, 6) is -1.83. The van der Waals surface area contributed by atoms with Crippen LogP contribution in [0.1, 0.15) is 5.69 Å². The van der Waals surface area contributed by atoms with Gasteiger partial charge in [0.1, 0.15) is 16.5 Å². The van der Waals surface area contributed by atoms with E-state index in [9.17, 15) is 26.8 Å². The fraction of sp³-hybridized carbons (Fsp3) is 0.412. The fourth-order valence-corrected chi connectivity index (χ4v) is 4.60. The molecule has 2 aromatic rings. The second-order valence-electron chi connectivity index (χ2n) is 6.63. The number of aromatic nitrogens is 2. The summed E-state index contributed by atoms with van der Waals surface area (Å²) in [6.45, 7) is 1.09. The first-order valence-corrected chi connectivity index (χ1v) is 9.99. The number of nitrogens with zero attached hydrogens (tertiary/aromatic N) is 4. The number of hydrogen-bond acceptors (Lipinski definition) is 5. The van der Waals surface area contributed by atoms with Crippen molar-refractivity contribution in [1.29, 1.82) is 0 Å². The molecule has 0 radical (unpaired) electrons. The van der Waals surface area contributed by atoms with Crippen LogP contribution in [0.2, 0.25) is 0 Å². The third-order valence-corrected chi connectivity index (χ3v) is 6.77. The molecule has 1 fully saturated rings. The minimum absolute atomic E-state index is 0.0804.